The molecule has 0 spiro atoms. The number of rotatable bonds is 8. The van der Waals surface area contributed by atoms with Crippen LogP contribution >= 0.6 is 24.0 Å². The molecular weight excluding hydrogens is 415 g/mol. The Hall–Kier alpha value is -1.90. The summed E-state index contributed by atoms with van der Waals surface area (Å²) >= 11 is 0. The van der Waals surface area contributed by atoms with Gasteiger partial charge in [-0.25, -0.2) is 4.98 Å². The van der Waals surface area contributed by atoms with Gasteiger partial charge in [0, 0.05) is 32.5 Å². The van der Waals surface area contributed by atoms with E-state index in [1.807, 2.05) is 36.4 Å². The van der Waals surface area contributed by atoms with Crippen LogP contribution in [0.4, 0.5) is 5.82 Å². The van der Waals surface area contributed by atoms with Gasteiger partial charge in [0.05, 0.1) is 12.2 Å². The molecule has 0 aliphatic carbocycles. The summed E-state index contributed by atoms with van der Waals surface area (Å²) in [5.74, 6) is 1.72. The van der Waals surface area contributed by atoms with Crippen LogP contribution < -0.4 is 16.0 Å². The highest BCUT2D eigenvalue weighted by atomic mass is 127. The second-order valence-corrected chi connectivity index (χ2v) is 5.02. The van der Waals surface area contributed by atoms with Crippen molar-refractivity contribution >= 4 is 35.8 Å². The van der Waals surface area contributed by atoms with Gasteiger partial charge in [-0.2, -0.15) is 0 Å². The van der Waals surface area contributed by atoms with Gasteiger partial charge in [-0.15, -0.1) is 24.0 Å². The summed E-state index contributed by atoms with van der Waals surface area (Å²) in [5, 5.41) is 9.86. The van der Waals surface area contributed by atoms with Crippen LogP contribution in [0.1, 0.15) is 18.5 Å². The lowest BCUT2D eigenvalue weighted by Crippen LogP contribution is -2.37. The monoisotopic (exact) mass is 440 g/mol. The van der Waals surface area contributed by atoms with Crippen molar-refractivity contribution in [2.45, 2.75) is 19.4 Å². The number of unbranched alkanes of at least 4 members (excludes halogenated alkanes) is 1. The molecule has 0 aliphatic rings. The van der Waals surface area contributed by atoms with Crippen molar-refractivity contribution in [3.63, 3.8) is 0 Å². The summed E-state index contributed by atoms with van der Waals surface area (Å²) in [6.45, 7) is 2.46. The first kappa shape index (κ1) is 20.1. The number of hydrogen-bond acceptors (Lipinski definition) is 4. The SMILES string of the molecule is CN=C(NCCCCNc1ccccn1)NCc1ccccn1.I. The number of nitrogens with zero attached hydrogens (tertiary/aromatic N) is 3. The minimum absolute atomic E-state index is 0. The maximum Gasteiger partial charge on any atom is 0.191 e. The molecule has 0 saturated heterocycles. The van der Waals surface area contributed by atoms with Crippen molar-refractivity contribution < 1.29 is 0 Å². The topological polar surface area (TPSA) is 74.2 Å². The van der Waals surface area contributed by atoms with Gasteiger partial charge in [-0.1, -0.05) is 12.1 Å². The van der Waals surface area contributed by atoms with Gasteiger partial charge in [0.15, 0.2) is 5.96 Å². The normalized spacial score (nSPS) is 10.6. The second-order valence-electron chi connectivity index (χ2n) is 5.02. The largest absolute Gasteiger partial charge is 0.370 e. The quantitative estimate of drug-likeness (QED) is 0.255. The van der Waals surface area contributed by atoms with Crippen LogP contribution in [0.25, 0.3) is 0 Å². The zero-order valence-corrected chi connectivity index (χ0v) is 16.2. The van der Waals surface area contributed by atoms with E-state index in [1.165, 1.54) is 0 Å². The van der Waals surface area contributed by atoms with Crippen LogP contribution in [-0.4, -0.2) is 36.1 Å². The highest BCUT2D eigenvalue weighted by Crippen LogP contribution is 2.00. The number of aromatic nitrogens is 2. The van der Waals surface area contributed by atoms with Crippen molar-refractivity contribution in [1.29, 1.82) is 0 Å². The molecule has 0 saturated carbocycles. The van der Waals surface area contributed by atoms with Crippen molar-refractivity contribution in [3.8, 4) is 0 Å². The summed E-state index contributed by atoms with van der Waals surface area (Å²) in [7, 11) is 1.77. The van der Waals surface area contributed by atoms with Gasteiger partial charge in [0.25, 0.3) is 0 Å². The molecule has 0 unspecified atom stereocenters. The van der Waals surface area contributed by atoms with Crippen molar-refractivity contribution in [3.05, 3.63) is 54.5 Å². The van der Waals surface area contributed by atoms with E-state index in [9.17, 15) is 0 Å². The van der Waals surface area contributed by atoms with E-state index in [1.54, 1.807) is 19.4 Å². The maximum absolute atomic E-state index is 4.28. The van der Waals surface area contributed by atoms with E-state index < -0.39 is 0 Å². The number of nitrogens with one attached hydrogen (secondary N) is 3. The molecular formula is C17H25IN6. The zero-order valence-electron chi connectivity index (χ0n) is 13.9. The minimum Gasteiger partial charge on any atom is -0.370 e. The average molecular weight is 440 g/mol. The zero-order chi connectivity index (χ0) is 16.2. The van der Waals surface area contributed by atoms with E-state index in [4.69, 9.17) is 0 Å². The summed E-state index contributed by atoms with van der Waals surface area (Å²) in [6, 6.07) is 11.8. The molecule has 2 heterocycles. The van der Waals surface area contributed by atoms with Gasteiger partial charge < -0.3 is 16.0 Å². The van der Waals surface area contributed by atoms with Crippen LogP contribution in [0.2, 0.25) is 0 Å². The lowest BCUT2D eigenvalue weighted by molar-refractivity contribution is 0.709. The van der Waals surface area contributed by atoms with Gasteiger partial charge in [0.1, 0.15) is 5.82 Å². The predicted octanol–water partition coefficient (Wildman–Crippen LogP) is 2.65. The minimum atomic E-state index is 0. The molecule has 3 N–H and O–H groups in total. The van der Waals surface area contributed by atoms with Crippen LogP contribution in [0, 0.1) is 0 Å². The summed E-state index contributed by atoms with van der Waals surface area (Å²) in [6.07, 6.45) is 5.72. The number of pyridine rings is 2. The van der Waals surface area contributed by atoms with Gasteiger partial charge in [0.2, 0.25) is 0 Å². The Kier molecular flexibility index (Phi) is 10.5. The Balaban J connectivity index is 0.00000288. The fourth-order valence-electron chi connectivity index (χ4n) is 2.04. The molecule has 2 rings (SSSR count). The summed E-state index contributed by atoms with van der Waals surface area (Å²) in [5.41, 5.74) is 0.995. The first-order valence-corrected chi connectivity index (χ1v) is 7.88. The first-order chi connectivity index (χ1) is 11.4. The fraction of sp³-hybridized carbons (Fsp3) is 0.353. The standard InChI is InChI=1S/C17H24N6.HI/c1-18-17(23-14-15-8-2-4-10-19-15)22-13-7-6-12-21-16-9-3-5-11-20-16;/h2-5,8-11H,6-7,12-14H2,1H3,(H,20,21)(H2,18,22,23);1H. The predicted molar refractivity (Wildman–Crippen MR) is 110 cm³/mol. The lowest BCUT2D eigenvalue weighted by Gasteiger charge is -2.11. The smallest absolute Gasteiger partial charge is 0.191 e. The van der Waals surface area contributed by atoms with Crippen LogP contribution in [-0.2, 0) is 6.54 Å². The van der Waals surface area contributed by atoms with Gasteiger partial charge in [-0.05, 0) is 37.1 Å². The summed E-state index contributed by atoms with van der Waals surface area (Å²) in [4.78, 5) is 12.7. The van der Waals surface area contributed by atoms with E-state index in [0.717, 1.165) is 43.4 Å². The summed E-state index contributed by atoms with van der Waals surface area (Å²) < 4.78 is 0. The number of guanidine groups is 1. The van der Waals surface area contributed by atoms with E-state index in [2.05, 4.69) is 30.9 Å². The number of aliphatic imine (C=N–C) groups is 1. The molecule has 0 fully saturated rings. The third kappa shape index (κ3) is 8.09. The highest BCUT2D eigenvalue weighted by Gasteiger charge is 1.98. The molecule has 0 amide bonds. The van der Waals surface area contributed by atoms with Crippen LogP contribution in [0.15, 0.2) is 53.8 Å². The fourth-order valence-corrected chi connectivity index (χ4v) is 2.04. The van der Waals surface area contributed by atoms with Crippen LogP contribution in [0.3, 0.4) is 0 Å². The van der Waals surface area contributed by atoms with Crippen molar-refractivity contribution in [2.24, 2.45) is 4.99 Å². The Labute approximate surface area is 160 Å². The number of anilines is 1. The van der Waals surface area contributed by atoms with Crippen molar-refractivity contribution in [2.75, 3.05) is 25.5 Å². The van der Waals surface area contributed by atoms with E-state index in [0.29, 0.717) is 6.54 Å². The molecule has 24 heavy (non-hydrogen) atoms. The third-order valence-corrected chi connectivity index (χ3v) is 3.25. The highest BCUT2D eigenvalue weighted by molar-refractivity contribution is 14.0. The third-order valence-electron chi connectivity index (χ3n) is 3.25. The molecule has 0 atom stereocenters. The molecule has 130 valence electrons. The Bertz CT molecular complexity index is 576. The van der Waals surface area contributed by atoms with Gasteiger partial charge >= 0.3 is 0 Å². The number of hydrogen-bond donors (Lipinski definition) is 3. The molecule has 0 aliphatic heterocycles. The van der Waals surface area contributed by atoms with Crippen molar-refractivity contribution in [1.82, 2.24) is 20.6 Å². The molecule has 0 aromatic carbocycles. The lowest BCUT2D eigenvalue weighted by atomic mass is 10.3. The van der Waals surface area contributed by atoms with E-state index >= 15 is 0 Å². The number of halogens is 1. The molecule has 0 radical (unpaired) electrons. The first-order valence-electron chi connectivity index (χ1n) is 7.88. The Morgan fingerprint density at radius 3 is 2.38 bits per heavy atom. The molecule has 2 aromatic rings. The molecule has 7 heteroatoms. The Morgan fingerprint density at radius 1 is 0.958 bits per heavy atom. The molecule has 2 aromatic heterocycles. The molecule has 6 nitrogen and oxygen atoms in total. The maximum atomic E-state index is 4.28. The second kappa shape index (κ2) is 12.5. The molecule has 0 bridgehead atoms. The van der Waals surface area contributed by atoms with Gasteiger partial charge in [-0.3, -0.25) is 9.98 Å². The van der Waals surface area contributed by atoms with Crippen LogP contribution in [0.5, 0.6) is 0 Å². The average Bonchev–Trinajstić information content (AvgIpc) is 2.62. The van der Waals surface area contributed by atoms with E-state index in [-0.39, 0.29) is 24.0 Å². The Morgan fingerprint density at radius 2 is 1.71 bits per heavy atom.